The van der Waals surface area contributed by atoms with E-state index in [9.17, 15) is 4.79 Å². The molecule has 0 spiro atoms. The van der Waals surface area contributed by atoms with Crippen LogP contribution in [0.15, 0.2) is 71.9 Å². The second-order valence-corrected chi connectivity index (χ2v) is 8.48. The fraction of sp³-hybridized carbons (Fsp3) is 0.167. The fourth-order valence-electron chi connectivity index (χ4n) is 3.92. The predicted octanol–water partition coefficient (Wildman–Crippen LogP) is 4.83. The number of nitrogens with zero attached hydrogens (tertiary/aromatic N) is 5. The van der Waals surface area contributed by atoms with E-state index in [-0.39, 0.29) is 11.7 Å². The van der Waals surface area contributed by atoms with Gasteiger partial charge in [0, 0.05) is 34.0 Å². The first-order valence-electron chi connectivity index (χ1n) is 10.4. The van der Waals surface area contributed by atoms with Gasteiger partial charge in [-0.3, -0.25) is 4.79 Å². The molecule has 0 aliphatic rings. The number of para-hydroxylation sites is 1. The van der Waals surface area contributed by atoms with Crippen molar-refractivity contribution in [3.8, 4) is 5.69 Å². The monoisotopic (exact) mass is 442 g/mol. The number of hydrogen-bond donors (Lipinski definition) is 1. The molecule has 5 rings (SSSR count). The van der Waals surface area contributed by atoms with Gasteiger partial charge in [-0.05, 0) is 60.7 Å². The lowest BCUT2D eigenvalue weighted by Gasteiger charge is -2.07. The van der Waals surface area contributed by atoms with Crippen molar-refractivity contribution >= 4 is 45.2 Å². The van der Waals surface area contributed by atoms with E-state index in [1.165, 1.54) is 28.2 Å². The Morgan fingerprint density at radius 3 is 2.59 bits per heavy atom. The topological polar surface area (TPSA) is 77.6 Å². The third kappa shape index (κ3) is 3.73. The lowest BCUT2D eigenvalue weighted by atomic mass is 10.1. The lowest BCUT2D eigenvalue weighted by Crippen LogP contribution is -2.14. The van der Waals surface area contributed by atoms with Crippen LogP contribution in [0.1, 0.15) is 12.5 Å². The fourth-order valence-corrected chi connectivity index (χ4v) is 4.61. The van der Waals surface area contributed by atoms with Crippen molar-refractivity contribution in [2.45, 2.75) is 25.5 Å². The number of hydrogen-bond acceptors (Lipinski definition) is 5. The van der Waals surface area contributed by atoms with Crippen molar-refractivity contribution in [3.63, 3.8) is 0 Å². The number of anilines is 1. The van der Waals surface area contributed by atoms with Crippen molar-refractivity contribution in [2.75, 3.05) is 11.1 Å². The molecule has 0 saturated heterocycles. The van der Waals surface area contributed by atoms with Gasteiger partial charge < -0.3 is 9.88 Å². The van der Waals surface area contributed by atoms with Gasteiger partial charge in [-0.15, -0.1) is 5.10 Å². The Hall–Kier alpha value is -3.65. The van der Waals surface area contributed by atoms with Gasteiger partial charge in [0.1, 0.15) is 0 Å². The minimum Gasteiger partial charge on any atom is -0.341 e. The standard InChI is InChI=1S/C24H22N6OS/c1-3-29-21-7-5-4-6-19(21)20-14-17(10-13-22(20)29)25-23(31)15-32-24-26-27-28-30(24)18-11-8-16(2)9-12-18/h4-14H,3,15H2,1-2H3,(H,25,31). The van der Waals surface area contributed by atoms with Gasteiger partial charge in [0.15, 0.2) is 0 Å². The molecule has 0 bridgehead atoms. The molecule has 3 aromatic carbocycles. The maximum absolute atomic E-state index is 12.6. The lowest BCUT2D eigenvalue weighted by molar-refractivity contribution is -0.113. The minimum absolute atomic E-state index is 0.105. The summed E-state index contributed by atoms with van der Waals surface area (Å²) in [5.41, 5.74) is 5.17. The van der Waals surface area contributed by atoms with E-state index in [0.717, 1.165) is 28.9 Å². The first-order chi connectivity index (χ1) is 15.6. The Morgan fingerprint density at radius 1 is 1.00 bits per heavy atom. The SMILES string of the molecule is CCn1c2ccccc2c2cc(NC(=O)CSc3nnnn3-c3ccc(C)cc3)ccc21. The van der Waals surface area contributed by atoms with Crippen LogP contribution in [0.4, 0.5) is 5.69 Å². The molecule has 160 valence electrons. The first-order valence-corrected chi connectivity index (χ1v) is 11.4. The Morgan fingerprint density at radius 2 is 1.78 bits per heavy atom. The summed E-state index contributed by atoms with van der Waals surface area (Å²) in [6.07, 6.45) is 0. The van der Waals surface area contributed by atoms with Crippen LogP contribution >= 0.6 is 11.8 Å². The van der Waals surface area contributed by atoms with Crippen LogP contribution in [0.25, 0.3) is 27.5 Å². The maximum Gasteiger partial charge on any atom is 0.234 e. The molecule has 8 heteroatoms. The molecule has 0 saturated carbocycles. The predicted molar refractivity (Wildman–Crippen MR) is 128 cm³/mol. The summed E-state index contributed by atoms with van der Waals surface area (Å²) in [6, 6.07) is 22.3. The number of nitrogens with one attached hydrogen (secondary N) is 1. The minimum atomic E-state index is -0.105. The Labute approximate surface area is 189 Å². The van der Waals surface area contributed by atoms with E-state index < -0.39 is 0 Å². The van der Waals surface area contributed by atoms with Crippen LogP contribution in [0, 0.1) is 6.92 Å². The van der Waals surface area contributed by atoms with Gasteiger partial charge in [-0.1, -0.05) is 47.7 Å². The van der Waals surface area contributed by atoms with Gasteiger partial charge in [0.05, 0.1) is 11.4 Å². The number of fused-ring (bicyclic) bond motifs is 3. The van der Waals surface area contributed by atoms with Gasteiger partial charge in [-0.25, -0.2) is 0 Å². The molecule has 32 heavy (non-hydrogen) atoms. The zero-order chi connectivity index (χ0) is 22.1. The summed E-state index contributed by atoms with van der Waals surface area (Å²) in [4.78, 5) is 12.6. The molecule has 7 nitrogen and oxygen atoms in total. The van der Waals surface area contributed by atoms with Gasteiger partial charge in [-0.2, -0.15) is 4.68 Å². The van der Waals surface area contributed by atoms with Crippen LogP contribution in [-0.2, 0) is 11.3 Å². The van der Waals surface area contributed by atoms with Gasteiger partial charge in [0.2, 0.25) is 11.1 Å². The summed E-state index contributed by atoms with van der Waals surface area (Å²) < 4.78 is 3.93. The average molecular weight is 443 g/mol. The van der Waals surface area contributed by atoms with Crippen molar-refractivity contribution in [1.82, 2.24) is 24.8 Å². The molecular formula is C24H22N6OS. The van der Waals surface area contributed by atoms with Crippen LogP contribution in [-0.4, -0.2) is 36.4 Å². The van der Waals surface area contributed by atoms with Crippen LogP contribution in [0.2, 0.25) is 0 Å². The average Bonchev–Trinajstić information content (AvgIpc) is 3.40. The smallest absolute Gasteiger partial charge is 0.234 e. The number of benzene rings is 3. The largest absolute Gasteiger partial charge is 0.341 e. The van der Waals surface area contributed by atoms with Crippen molar-refractivity contribution in [2.24, 2.45) is 0 Å². The molecule has 1 N–H and O–H groups in total. The third-order valence-electron chi connectivity index (χ3n) is 5.42. The van der Waals surface area contributed by atoms with Crippen molar-refractivity contribution in [1.29, 1.82) is 0 Å². The molecule has 0 atom stereocenters. The van der Waals surface area contributed by atoms with Crippen LogP contribution in [0.3, 0.4) is 0 Å². The first kappa shape index (κ1) is 20.3. The molecule has 0 aliphatic carbocycles. The highest BCUT2D eigenvalue weighted by atomic mass is 32.2. The number of carbonyl (C=O) groups excluding carboxylic acids is 1. The Balaban J connectivity index is 1.33. The highest BCUT2D eigenvalue weighted by Gasteiger charge is 2.13. The summed E-state index contributed by atoms with van der Waals surface area (Å²) in [5, 5.41) is 17.8. The van der Waals surface area contributed by atoms with E-state index in [0.29, 0.717) is 5.16 Å². The third-order valence-corrected chi connectivity index (χ3v) is 6.34. The van der Waals surface area contributed by atoms with E-state index in [1.54, 1.807) is 4.68 Å². The molecule has 0 aliphatic heterocycles. The normalized spacial score (nSPS) is 11.3. The number of tetrazole rings is 1. The number of rotatable bonds is 6. The number of thioether (sulfide) groups is 1. The molecule has 0 fully saturated rings. The zero-order valence-corrected chi connectivity index (χ0v) is 18.6. The van der Waals surface area contributed by atoms with Crippen molar-refractivity contribution in [3.05, 3.63) is 72.3 Å². The molecular weight excluding hydrogens is 420 g/mol. The highest BCUT2D eigenvalue weighted by molar-refractivity contribution is 7.99. The van der Waals surface area contributed by atoms with E-state index in [2.05, 4.69) is 56.6 Å². The number of aryl methyl sites for hydroxylation is 2. The number of amides is 1. The summed E-state index contributed by atoms with van der Waals surface area (Å²) in [5.74, 6) is 0.105. The molecule has 5 aromatic rings. The zero-order valence-electron chi connectivity index (χ0n) is 17.8. The van der Waals surface area contributed by atoms with Crippen LogP contribution < -0.4 is 5.32 Å². The summed E-state index contributed by atoms with van der Waals surface area (Å²) in [6.45, 7) is 5.06. The van der Waals surface area contributed by atoms with Gasteiger partial charge in [0.25, 0.3) is 0 Å². The maximum atomic E-state index is 12.6. The second kappa shape index (κ2) is 8.47. The van der Waals surface area contributed by atoms with E-state index in [1.807, 2.05) is 49.4 Å². The Kier molecular flexibility index (Phi) is 5.36. The molecule has 0 unspecified atom stereocenters. The molecule has 2 heterocycles. The molecule has 0 radical (unpaired) electrons. The Bertz CT molecular complexity index is 1420. The van der Waals surface area contributed by atoms with Gasteiger partial charge >= 0.3 is 0 Å². The quantitative estimate of drug-likeness (QED) is 0.381. The number of aromatic nitrogens is 5. The summed E-state index contributed by atoms with van der Waals surface area (Å²) in [7, 11) is 0. The van der Waals surface area contributed by atoms with E-state index >= 15 is 0 Å². The van der Waals surface area contributed by atoms with Crippen molar-refractivity contribution < 1.29 is 4.79 Å². The highest BCUT2D eigenvalue weighted by Crippen LogP contribution is 2.31. The van der Waals surface area contributed by atoms with Crippen LogP contribution in [0.5, 0.6) is 0 Å². The molecule has 1 amide bonds. The molecule has 2 aromatic heterocycles. The second-order valence-electron chi connectivity index (χ2n) is 7.54. The summed E-state index contributed by atoms with van der Waals surface area (Å²) >= 11 is 1.30. The number of carbonyl (C=O) groups is 1. The van der Waals surface area contributed by atoms with E-state index in [4.69, 9.17) is 0 Å².